The van der Waals surface area contributed by atoms with Gasteiger partial charge >= 0.3 is 10.2 Å². The molecule has 1 N–H and O–H groups in total. The molecule has 0 aliphatic carbocycles. The number of piperidine rings is 1. The van der Waals surface area contributed by atoms with Crippen molar-refractivity contribution in [2.24, 2.45) is 0 Å². The standard InChI is InChI=1S/C14H19N3O2S/c1-12-4-2-3-11-17(12)20(18,19)16-14-7-5-13(6-8-14)9-10-15/h5-8,12,16H,2-4,9,11H2,1H3. The summed E-state index contributed by atoms with van der Waals surface area (Å²) in [5, 5.41) is 8.61. The van der Waals surface area contributed by atoms with Gasteiger partial charge in [0.15, 0.2) is 0 Å². The van der Waals surface area contributed by atoms with Crippen LogP contribution in [-0.4, -0.2) is 25.3 Å². The van der Waals surface area contributed by atoms with E-state index in [1.807, 2.05) is 6.92 Å². The predicted octanol–water partition coefficient (Wildman–Crippen LogP) is 2.28. The molecule has 1 saturated heterocycles. The van der Waals surface area contributed by atoms with Crippen LogP contribution in [0, 0.1) is 11.3 Å². The Morgan fingerprint density at radius 1 is 1.35 bits per heavy atom. The van der Waals surface area contributed by atoms with Crippen molar-refractivity contribution in [3.63, 3.8) is 0 Å². The van der Waals surface area contributed by atoms with Gasteiger partial charge in [0.05, 0.1) is 12.5 Å². The molecule has 1 aliphatic heterocycles. The molecule has 20 heavy (non-hydrogen) atoms. The number of benzene rings is 1. The van der Waals surface area contributed by atoms with Crippen LogP contribution in [0.15, 0.2) is 24.3 Å². The Morgan fingerprint density at radius 3 is 2.65 bits per heavy atom. The van der Waals surface area contributed by atoms with Gasteiger partial charge in [-0.1, -0.05) is 18.6 Å². The lowest BCUT2D eigenvalue weighted by Crippen LogP contribution is -2.44. The first kappa shape index (κ1) is 14.8. The number of anilines is 1. The van der Waals surface area contributed by atoms with Gasteiger partial charge in [-0.05, 0) is 37.5 Å². The molecule has 6 heteroatoms. The molecule has 2 rings (SSSR count). The first-order valence-electron chi connectivity index (χ1n) is 6.78. The minimum Gasteiger partial charge on any atom is -0.271 e. The van der Waals surface area contributed by atoms with Crippen LogP contribution in [-0.2, 0) is 16.6 Å². The van der Waals surface area contributed by atoms with E-state index < -0.39 is 10.2 Å². The molecule has 0 saturated carbocycles. The van der Waals surface area contributed by atoms with Gasteiger partial charge in [-0.3, -0.25) is 4.72 Å². The Bertz CT molecular complexity index is 590. The SMILES string of the molecule is CC1CCCCN1S(=O)(=O)Nc1ccc(CC#N)cc1. The van der Waals surface area contributed by atoms with Crippen LogP contribution in [0.25, 0.3) is 0 Å². The van der Waals surface area contributed by atoms with Crippen LogP contribution in [0.5, 0.6) is 0 Å². The molecule has 1 aromatic rings. The summed E-state index contributed by atoms with van der Waals surface area (Å²) in [6, 6.07) is 9.02. The molecule has 0 aromatic heterocycles. The summed E-state index contributed by atoms with van der Waals surface area (Å²) in [4.78, 5) is 0. The molecule has 1 heterocycles. The predicted molar refractivity (Wildman–Crippen MR) is 78.3 cm³/mol. The van der Waals surface area contributed by atoms with E-state index in [4.69, 9.17) is 5.26 Å². The summed E-state index contributed by atoms with van der Waals surface area (Å²) in [6.07, 6.45) is 3.22. The van der Waals surface area contributed by atoms with Crippen LogP contribution in [0.2, 0.25) is 0 Å². The maximum atomic E-state index is 12.3. The van der Waals surface area contributed by atoms with Gasteiger partial charge in [-0.2, -0.15) is 18.0 Å². The van der Waals surface area contributed by atoms with E-state index in [2.05, 4.69) is 10.8 Å². The highest BCUT2D eigenvalue weighted by Crippen LogP contribution is 2.21. The molecule has 0 amide bonds. The van der Waals surface area contributed by atoms with E-state index in [1.54, 1.807) is 24.3 Å². The van der Waals surface area contributed by atoms with Gasteiger partial charge in [0.25, 0.3) is 0 Å². The summed E-state index contributed by atoms with van der Waals surface area (Å²) in [5.74, 6) is 0. The van der Waals surface area contributed by atoms with Crippen molar-refractivity contribution in [1.82, 2.24) is 4.31 Å². The molecule has 1 unspecified atom stereocenters. The fraction of sp³-hybridized carbons (Fsp3) is 0.500. The smallest absolute Gasteiger partial charge is 0.271 e. The average Bonchev–Trinajstić information content (AvgIpc) is 2.41. The van der Waals surface area contributed by atoms with Crippen LogP contribution < -0.4 is 4.72 Å². The zero-order valence-corrected chi connectivity index (χ0v) is 12.4. The summed E-state index contributed by atoms with van der Waals surface area (Å²) in [5.41, 5.74) is 1.41. The minimum absolute atomic E-state index is 0.0408. The third kappa shape index (κ3) is 3.50. The molecule has 0 radical (unpaired) electrons. The summed E-state index contributed by atoms with van der Waals surface area (Å²) < 4.78 is 28.8. The number of hydrogen-bond acceptors (Lipinski definition) is 3. The number of rotatable bonds is 4. The average molecular weight is 293 g/mol. The highest BCUT2D eigenvalue weighted by atomic mass is 32.2. The zero-order valence-electron chi connectivity index (χ0n) is 11.5. The van der Waals surface area contributed by atoms with Crippen LogP contribution >= 0.6 is 0 Å². The number of nitriles is 1. The van der Waals surface area contributed by atoms with Crippen LogP contribution in [0.1, 0.15) is 31.7 Å². The molecule has 108 valence electrons. The molecule has 1 fully saturated rings. The van der Waals surface area contributed by atoms with Crippen molar-refractivity contribution in [2.45, 2.75) is 38.6 Å². The number of hydrogen-bond donors (Lipinski definition) is 1. The lowest BCUT2D eigenvalue weighted by atomic mass is 10.1. The van der Waals surface area contributed by atoms with Crippen molar-refractivity contribution in [3.8, 4) is 6.07 Å². The zero-order chi connectivity index (χ0) is 14.6. The second-order valence-corrected chi connectivity index (χ2v) is 6.72. The molecular formula is C14H19N3O2S. The third-order valence-electron chi connectivity index (χ3n) is 3.53. The Balaban J connectivity index is 2.09. The van der Waals surface area contributed by atoms with E-state index in [0.29, 0.717) is 18.7 Å². The fourth-order valence-corrected chi connectivity index (χ4v) is 3.92. The van der Waals surface area contributed by atoms with Crippen molar-refractivity contribution in [1.29, 1.82) is 5.26 Å². The third-order valence-corrected chi connectivity index (χ3v) is 5.19. The Labute approximate surface area is 120 Å². The van der Waals surface area contributed by atoms with Crippen LogP contribution in [0.4, 0.5) is 5.69 Å². The molecule has 5 nitrogen and oxygen atoms in total. The van der Waals surface area contributed by atoms with Crippen molar-refractivity contribution >= 4 is 15.9 Å². The topological polar surface area (TPSA) is 73.2 Å². The van der Waals surface area contributed by atoms with E-state index in [-0.39, 0.29) is 6.04 Å². The molecule has 1 atom stereocenters. The minimum atomic E-state index is -3.49. The van der Waals surface area contributed by atoms with Gasteiger partial charge in [0.2, 0.25) is 0 Å². The first-order chi connectivity index (χ1) is 9.53. The molecule has 1 aromatic carbocycles. The number of nitrogens with zero attached hydrogens (tertiary/aromatic N) is 2. The van der Waals surface area contributed by atoms with Gasteiger partial charge in [-0.15, -0.1) is 0 Å². The maximum Gasteiger partial charge on any atom is 0.301 e. The van der Waals surface area contributed by atoms with Gasteiger partial charge in [0, 0.05) is 18.3 Å². The number of nitrogens with one attached hydrogen (secondary N) is 1. The van der Waals surface area contributed by atoms with Gasteiger partial charge in [0.1, 0.15) is 0 Å². The molecular weight excluding hydrogens is 274 g/mol. The monoisotopic (exact) mass is 293 g/mol. The molecule has 0 spiro atoms. The fourth-order valence-electron chi connectivity index (χ4n) is 2.42. The Kier molecular flexibility index (Phi) is 4.63. The van der Waals surface area contributed by atoms with E-state index in [1.165, 1.54) is 4.31 Å². The van der Waals surface area contributed by atoms with Crippen molar-refractivity contribution < 1.29 is 8.42 Å². The lowest BCUT2D eigenvalue weighted by molar-refractivity contribution is 0.270. The van der Waals surface area contributed by atoms with Crippen molar-refractivity contribution in [2.75, 3.05) is 11.3 Å². The maximum absolute atomic E-state index is 12.3. The molecule has 0 bridgehead atoms. The van der Waals surface area contributed by atoms with E-state index >= 15 is 0 Å². The summed E-state index contributed by atoms with van der Waals surface area (Å²) in [7, 11) is -3.49. The van der Waals surface area contributed by atoms with E-state index in [9.17, 15) is 8.42 Å². The highest BCUT2D eigenvalue weighted by molar-refractivity contribution is 7.90. The van der Waals surface area contributed by atoms with E-state index in [0.717, 1.165) is 24.8 Å². The van der Waals surface area contributed by atoms with Crippen molar-refractivity contribution in [3.05, 3.63) is 29.8 Å². The van der Waals surface area contributed by atoms with Gasteiger partial charge in [-0.25, -0.2) is 0 Å². The Morgan fingerprint density at radius 2 is 2.05 bits per heavy atom. The molecule has 1 aliphatic rings. The highest BCUT2D eigenvalue weighted by Gasteiger charge is 2.29. The first-order valence-corrected chi connectivity index (χ1v) is 8.22. The Hall–Kier alpha value is -1.58. The summed E-state index contributed by atoms with van der Waals surface area (Å²) >= 11 is 0. The normalized spacial score (nSPS) is 20.3. The lowest BCUT2D eigenvalue weighted by Gasteiger charge is -2.32. The second-order valence-electron chi connectivity index (χ2n) is 5.09. The van der Waals surface area contributed by atoms with Crippen LogP contribution in [0.3, 0.4) is 0 Å². The van der Waals surface area contributed by atoms with Gasteiger partial charge < -0.3 is 0 Å². The quantitative estimate of drug-likeness (QED) is 0.925. The largest absolute Gasteiger partial charge is 0.301 e. The summed E-state index contributed by atoms with van der Waals surface area (Å²) in [6.45, 7) is 2.51. The second kappa shape index (κ2) is 6.25.